The summed E-state index contributed by atoms with van der Waals surface area (Å²) in [6, 6.07) is 8.83. The van der Waals surface area contributed by atoms with Gasteiger partial charge in [0.05, 0.1) is 6.61 Å². The number of nitrogens with one attached hydrogen (secondary N) is 1. The first-order chi connectivity index (χ1) is 6.90. The highest BCUT2D eigenvalue weighted by Crippen LogP contribution is 2.39. The van der Waals surface area contributed by atoms with E-state index >= 15 is 0 Å². The van der Waals surface area contributed by atoms with E-state index in [1.165, 1.54) is 24.0 Å². The van der Waals surface area contributed by atoms with Gasteiger partial charge in [0.2, 0.25) is 0 Å². The number of rotatable bonds is 5. The normalized spacial score (nSPS) is 15.8. The Morgan fingerprint density at radius 2 is 2.00 bits per heavy atom. The highest BCUT2D eigenvalue weighted by molar-refractivity contribution is 5.27. The number of hydroxylamine groups is 1. The summed E-state index contributed by atoms with van der Waals surface area (Å²) < 4.78 is 0. The molecule has 1 aromatic carbocycles. The number of benzene rings is 1. The van der Waals surface area contributed by atoms with Gasteiger partial charge in [-0.25, -0.2) is 0 Å². The maximum Gasteiger partial charge on any atom is 0.0654 e. The van der Waals surface area contributed by atoms with Crippen LogP contribution >= 0.6 is 0 Å². The van der Waals surface area contributed by atoms with Gasteiger partial charge in [0.1, 0.15) is 0 Å². The summed E-state index contributed by atoms with van der Waals surface area (Å²) in [5, 5.41) is 0. The maximum absolute atomic E-state index is 5.08. The molecule has 0 amide bonds. The zero-order valence-electron chi connectivity index (χ0n) is 8.62. The predicted octanol–water partition coefficient (Wildman–Crippen LogP) is 2.61. The van der Waals surface area contributed by atoms with E-state index in [0.717, 1.165) is 12.5 Å². The molecule has 76 valence electrons. The summed E-state index contributed by atoms with van der Waals surface area (Å²) in [6.07, 6.45) is 2.74. The second-order valence-corrected chi connectivity index (χ2v) is 3.77. The average Bonchev–Trinajstić information content (AvgIpc) is 3.03. The van der Waals surface area contributed by atoms with Gasteiger partial charge in [0.15, 0.2) is 0 Å². The van der Waals surface area contributed by atoms with Crippen molar-refractivity contribution >= 4 is 0 Å². The zero-order chi connectivity index (χ0) is 9.80. The van der Waals surface area contributed by atoms with Gasteiger partial charge in [-0.3, -0.25) is 0 Å². The van der Waals surface area contributed by atoms with Crippen molar-refractivity contribution in [2.45, 2.75) is 32.2 Å². The second-order valence-electron chi connectivity index (χ2n) is 3.77. The standard InChI is InChI=1S/C12H17NO/c1-2-14-13-9-10-3-5-11(6-4-10)12-7-8-12/h3-6,12-13H,2,7-9H2,1H3. The van der Waals surface area contributed by atoms with Crippen LogP contribution in [0.15, 0.2) is 24.3 Å². The second kappa shape index (κ2) is 4.58. The topological polar surface area (TPSA) is 21.3 Å². The van der Waals surface area contributed by atoms with Crippen LogP contribution in [0.4, 0.5) is 0 Å². The lowest BCUT2D eigenvalue weighted by Gasteiger charge is -2.04. The van der Waals surface area contributed by atoms with Crippen molar-refractivity contribution in [1.82, 2.24) is 5.48 Å². The van der Waals surface area contributed by atoms with E-state index < -0.39 is 0 Å². The van der Waals surface area contributed by atoms with Crippen LogP contribution in [0.25, 0.3) is 0 Å². The van der Waals surface area contributed by atoms with Gasteiger partial charge in [-0.1, -0.05) is 24.3 Å². The molecule has 1 saturated carbocycles. The SMILES string of the molecule is CCONCc1ccc(C2CC2)cc1. The third-order valence-corrected chi connectivity index (χ3v) is 2.55. The third kappa shape index (κ3) is 2.56. The van der Waals surface area contributed by atoms with Crippen LogP contribution < -0.4 is 5.48 Å². The Balaban J connectivity index is 1.86. The molecule has 0 bridgehead atoms. The summed E-state index contributed by atoms with van der Waals surface area (Å²) in [6.45, 7) is 3.47. The van der Waals surface area contributed by atoms with Gasteiger partial charge < -0.3 is 4.84 Å². The van der Waals surface area contributed by atoms with Gasteiger partial charge in [-0.15, -0.1) is 0 Å². The van der Waals surface area contributed by atoms with Crippen molar-refractivity contribution in [1.29, 1.82) is 0 Å². The van der Waals surface area contributed by atoms with Gasteiger partial charge in [-0.05, 0) is 36.8 Å². The molecule has 1 fully saturated rings. The van der Waals surface area contributed by atoms with Crippen LogP contribution in [0.1, 0.15) is 36.8 Å². The molecular weight excluding hydrogens is 174 g/mol. The van der Waals surface area contributed by atoms with Crippen molar-refractivity contribution in [2.24, 2.45) is 0 Å². The molecule has 1 N–H and O–H groups in total. The third-order valence-electron chi connectivity index (χ3n) is 2.55. The Morgan fingerprint density at radius 1 is 1.29 bits per heavy atom. The van der Waals surface area contributed by atoms with E-state index in [9.17, 15) is 0 Å². The fourth-order valence-electron chi connectivity index (χ4n) is 1.56. The van der Waals surface area contributed by atoms with Crippen LogP contribution in [0, 0.1) is 0 Å². The van der Waals surface area contributed by atoms with Gasteiger partial charge in [0, 0.05) is 6.54 Å². The number of hydrogen-bond acceptors (Lipinski definition) is 2. The first-order valence-electron chi connectivity index (χ1n) is 5.33. The molecule has 1 aliphatic rings. The predicted molar refractivity (Wildman–Crippen MR) is 56.9 cm³/mol. The molecule has 0 heterocycles. The van der Waals surface area contributed by atoms with E-state index in [0.29, 0.717) is 6.61 Å². The minimum atomic E-state index is 0.708. The van der Waals surface area contributed by atoms with Gasteiger partial charge in [-0.2, -0.15) is 5.48 Å². The summed E-state index contributed by atoms with van der Waals surface area (Å²) >= 11 is 0. The summed E-state index contributed by atoms with van der Waals surface area (Å²) in [7, 11) is 0. The monoisotopic (exact) mass is 191 g/mol. The lowest BCUT2D eigenvalue weighted by atomic mass is 10.1. The summed E-state index contributed by atoms with van der Waals surface area (Å²) in [5.74, 6) is 0.851. The minimum Gasteiger partial charge on any atom is -0.302 e. The molecule has 14 heavy (non-hydrogen) atoms. The van der Waals surface area contributed by atoms with Crippen molar-refractivity contribution in [3.63, 3.8) is 0 Å². The Hall–Kier alpha value is -0.860. The molecule has 1 aromatic rings. The highest BCUT2D eigenvalue weighted by Gasteiger charge is 2.22. The lowest BCUT2D eigenvalue weighted by molar-refractivity contribution is 0.0463. The lowest BCUT2D eigenvalue weighted by Crippen LogP contribution is -2.13. The Morgan fingerprint density at radius 3 is 2.57 bits per heavy atom. The van der Waals surface area contributed by atoms with E-state index in [2.05, 4.69) is 29.7 Å². The Kier molecular flexibility index (Phi) is 3.17. The van der Waals surface area contributed by atoms with Crippen LogP contribution in [0.2, 0.25) is 0 Å². The van der Waals surface area contributed by atoms with Gasteiger partial charge in [0.25, 0.3) is 0 Å². The van der Waals surface area contributed by atoms with Crippen LogP contribution in [-0.2, 0) is 11.4 Å². The maximum atomic E-state index is 5.08. The largest absolute Gasteiger partial charge is 0.302 e. The number of hydrogen-bond donors (Lipinski definition) is 1. The van der Waals surface area contributed by atoms with Crippen molar-refractivity contribution < 1.29 is 4.84 Å². The highest BCUT2D eigenvalue weighted by atomic mass is 16.6. The molecule has 0 unspecified atom stereocenters. The van der Waals surface area contributed by atoms with Crippen LogP contribution in [0.3, 0.4) is 0 Å². The first-order valence-corrected chi connectivity index (χ1v) is 5.33. The minimum absolute atomic E-state index is 0.708. The molecule has 2 nitrogen and oxygen atoms in total. The van der Waals surface area contributed by atoms with Gasteiger partial charge >= 0.3 is 0 Å². The smallest absolute Gasteiger partial charge is 0.0654 e. The fourth-order valence-corrected chi connectivity index (χ4v) is 1.56. The van der Waals surface area contributed by atoms with Crippen LogP contribution in [-0.4, -0.2) is 6.61 Å². The average molecular weight is 191 g/mol. The molecule has 0 aromatic heterocycles. The summed E-state index contributed by atoms with van der Waals surface area (Å²) in [5.41, 5.74) is 5.69. The molecular formula is C12H17NO. The summed E-state index contributed by atoms with van der Waals surface area (Å²) in [4.78, 5) is 5.08. The molecule has 2 rings (SSSR count). The molecule has 1 aliphatic carbocycles. The molecule has 0 spiro atoms. The molecule has 0 radical (unpaired) electrons. The van der Waals surface area contributed by atoms with Crippen LogP contribution in [0.5, 0.6) is 0 Å². The van der Waals surface area contributed by atoms with E-state index in [1.807, 2.05) is 6.92 Å². The molecule has 0 aliphatic heterocycles. The zero-order valence-corrected chi connectivity index (χ0v) is 8.62. The fraction of sp³-hybridized carbons (Fsp3) is 0.500. The Labute approximate surface area is 85.2 Å². The molecule has 0 atom stereocenters. The quantitative estimate of drug-likeness (QED) is 0.570. The molecule has 0 saturated heterocycles. The van der Waals surface area contributed by atoms with Crippen molar-refractivity contribution in [3.05, 3.63) is 35.4 Å². The van der Waals surface area contributed by atoms with E-state index in [-0.39, 0.29) is 0 Å². The van der Waals surface area contributed by atoms with Crippen molar-refractivity contribution in [2.75, 3.05) is 6.61 Å². The first kappa shape index (κ1) is 9.69. The molecule has 2 heteroatoms. The van der Waals surface area contributed by atoms with E-state index in [1.54, 1.807) is 0 Å². The van der Waals surface area contributed by atoms with E-state index in [4.69, 9.17) is 4.84 Å². The van der Waals surface area contributed by atoms with Crippen molar-refractivity contribution in [3.8, 4) is 0 Å². The Bertz CT molecular complexity index is 277.